The van der Waals surface area contributed by atoms with Crippen LogP contribution < -0.4 is 9.80 Å². The van der Waals surface area contributed by atoms with E-state index in [-0.39, 0.29) is 17.9 Å². The first kappa shape index (κ1) is 32.3. The van der Waals surface area contributed by atoms with Crippen molar-refractivity contribution in [1.29, 1.82) is 0 Å². The van der Waals surface area contributed by atoms with E-state index in [1.807, 2.05) is 36.4 Å². The predicted octanol–water partition coefficient (Wildman–Crippen LogP) is 6.86. The number of hydrogen-bond acceptors (Lipinski definition) is 11. The molecule has 0 N–H and O–H groups in total. The third-order valence-corrected chi connectivity index (χ3v) is 14.0. The molecule has 3 aliphatic heterocycles. The number of carbonyl (C=O) groups is 2. The molecule has 5 aliphatic rings. The maximum atomic E-state index is 13.6. The lowest BCUT2D eigenvalue weighted by Gasteiger charge is -2.21. The van der Waals surface area contributed by atoms with E-state index in [9.17, 15) is 9.59 Å². The van der Waals surface area contributed by atoms with Crippen molar-refractivity contribution in [3.8, 4) is 23.0 Å². The van der Waals surface area contributed by atoms with Crippen LogP contribution in [-0.4, -0.2) is 64.5 Å². The lowest BCUT2D eigenvalue weighted by atomic mass is 9.98. The van der Waals surface area contributed by atoms with E-state index >= 15 is 0 Å². The minimum atomic E-state index is 0.00805. The molecule has 0 aromatic carbocycles. The number of anilines is 2. The Morgan fingerprint density at radius 2 is 1.37 bits per heavy atom. The van der Waals surface area contributed by atoms with E-state index in [0.29, 0.717) is 48.3 Å². The van der Waals surface area contributed by atoms with Gasteiger partial charge in [-0.15, -0.1) is 43.1 Å². The third-order valence-electron chi connectivity index (χ3n) is 11.4. The molecule has 2 aliphatic carbocycles. The van der Waals surface area contributed by atoms with Crippen LogP contribution in [0.4, 0.5) is 11.6 Å². The van der Waals surface area contributed by atoms with E-state index < -0.39 is 0 Å². The highest BCUT2D eigenvalue weighted by Gasteiger charge is 2.41. The Balaban J connectivity index is 0.732. The number of fused-ring (bicyclic) bond motifs is 2. The van der Waals surface area contributed by atoms with Crippen LogP contribution in [0.2, 0.25) is 0 Å². The first-order valence-electron chi connectivity index (χ1n) is 18.8. The summed E-state index contributed by atoms with van der Waals surface area (Å²) >= 11 is 3.25. The molecule has 6 aromatic rings. The minimum Gasteiger partial charge on any atom is -0.381 e. The van der Waals surface area contributed by atoms with Gasteiger partial charge in [0.25, 0.3) is 11.8 Å². The summed E-state index contributed by atoms with van der Waals surface area (Å²) in [5.41, 5.74) is 3.61. The van der Waals surface area contributed by atoms with Gasteiger partial charge >= 0.3 is 0 Å². The molecule has 0 spiro atoms. The summed E-state index contributed by atoms with van der Waals surface area (Å²) in [4.78, 5) is 44.6. The average molecular weight is 757 g/mol. The molecular formula is C39H36N10O3S2. The van der Waals surface area contributed by atoms with Gasteiger partial charge in [-0.2, -0.15) is 0 Å². The Labute approximate surface area is 318 Å². The predicted molar refractivity (Wildman–Crippen MR) is 203 cm³/mol. The lowest BCUT2D eigenvalue weighted by Crippen LogP contribution is -2.24. The van der Waals surface area contributed by atoms with Crippen LogP contribution in [0.25, 0.3) is 23.0 Å². The van der Waals surface area contributed by atoms with Gasteiger partial charge in [0, 0.05) is 35.1 Å². The van der Waals surface area contributed by atoms with Crippen molar-refractivity contribution in [3.05, 3.63) is 91.8 Å². The lowest BCUT2D eigenvalue weighted by molar-refractivity contribution is 0.0860. The molecule has 15 heteroatoms. The molecule has 2 saturated carbocycles. The van der Waals surface area contributed by atoms with Gasteiger partial charge in [-0.05, 0) is 104 Å². The Morgan fingerprint density at radius 1 is 0.741 bits per heavy atom. The molecule has 9 heterocycles. The summed E-state index contributed by atoms with van der Waals surface area (Å²) < 4.78 is 9.77. The van der Waals surface area contributed by atoms with Crippen molar-refractivity contribution >= 4 is 46.1 Å². The summed E-state index contributed by atoms with van der Waals surface area (Å²) in [7, 11) is 0. The van der Waals surface area contributed by atoms with E-state index in [0.717, 1.165) is 96.4 Å². The van der Waals surface area contributed by atoms with E-state index in [1.54, 1.807) is 45.1 Å². The van der Waals surface area contributed by atoms with Gasteiger partial charge in [0.2, 0.25) is 0 Å². The highest BCUT2D eigenvalue weighted by Crippen LogP contribution is 2.48. The van der Waals surface area contributed by atoms with Crippen molar-refractivity contribution in [2.75, 3.05) is 23.0 Å². The largest absolute Gasteiger partial charge is 0.381 e. The van der Waals surface area contributed by atoms with Crippen molar-refractivity contribution in [1.82, 2.24) is 39.5 Å². The van der Waals surface area contributed by atoms with Crippen molar-refractivity contribution in [2.24, 2.45) is 5.92 Å². The first-order chi connectivity index (χ1) is 26.6. The number of amides is 2. The SMILES string of the molecule is O=C1c2sc(CCC3CC3n3cnnc3-c3cccc(N4Cc5cc(C6CCOCC6)sc5C4=O)n3)cc2CN1c1cccc(-c2nncn2C2CC2)n1. The number of nitrogens with zero attached hydrogens (tertiary/aromatic N) is 10. The molecule has 0 radical (unpaired) electrons. The van der Waals surface area contributed by atoms with Crippen LogP contribution in [0.5, 0.6) is 0 Å². The first-order valence-corrected chi connectivity index (χ1v) is 20.4. The molecule has 272 valence electrons. The number of rotatable bonds is 10. The van der Waals surface area contributed by atoms with E-state index in [4.69, 9.17) is 14.7 Å². The maximum absolute atomic E-state index is 13.6. The fourth-order valence-electron chi connectivity index (χ4n) is 8.26. The van der Waals surface area contributed by atoms with Gasteiger partial charge in [0.15, 0.2) is 11.6 Å². The van der Waals surface area contributed by atoms with Crippen LogP contribution in [0.3, 0.4) is 0 Å². The van der Waals surface area contributed by atoms with Crippen molar-refractivity contribution in [2.45, 2.75) is 76.0 Å². The quantitative estimate of drug-likeness (QED) is 0.147. The van der Waals surface area contributed by atoms with E-state index in [2.05, 4.69) is 41.7 Å². The molecule has 1 saturated heterocycles. The molecule has 0 bridgehead atoms. The van der Waals surface area contributed by atoms with Crippen LogP contribution in [0.15, 0.2) is 61.2 Å². The number of thiophene rings is 2. The Hall–Kier alpha value is -5.12. The van der Waals surface area contributed by atoms with Crippen LogP contribution in [0, 0.1) is 5.92 Å². The summed E-state index contributed by atoms with van der Waals surface area (Å²) in [5, 5.41) is 17.2. The summed E-state index contributed by atoms with van der Waals surface area (Å²) in [6, 6.07) is 16.7. The number of ether oxygens (including phenoxy) is 1. The average Bonchev–Trinajstić information content (AvgIpc) is 3.72. The summed E-state index contributed by atoms with van der Waals surface area (Å²) in [5.74, 6) is 3.74. The Bertz CT molecular complexity index is 2440. The number of aromatic nitrogens is 8. The second-order valence-corrected chi connectivity index (χ2v) is 17.2. The van der Waals surface area contributed by atoms with Gasteiger partial charge in [-0.25, -0.2) is 9.97 Å². The number of carbonyl (C=O) groups excluding carboxylic acids is 2. The van der Waals surface area contributed by atoms with Gasteiger partial charge in [-0.1, -0.05) is 12.1 Å². The second kappa shape index (κ2) is 12.7. The third kappa shape index (κ3) is 5.59. The second-order valence-electron chi connectivity index (χ2n) is 15.0. The van der Waals surface area contributed by atoms with Crippen molar-refractivity contribution in [3.63, 3.8) is 0 Å². The molecule has 2 unspecified atom stereocenters. The standard InChI is InChI=1S/C39H36N10O3S2/c50-38-34-24(18-46(38)32-5-1-3-28(42-32)36-44-40-20-48(36)26-8-9-26)15-27(53-34)10-7-23-16-30(23)49-21-41-45-37(49)29-4-2-6-33(43-29)47-19-25-17-31(54-35(25)39(47)51)22-11-13-52-14-12-22/h1-6,15,17,20-23,26,30H,7-14,16,18-19H2. The van der Waals surface area contributed by atoms with Gasteiger partial charge < -0.3 is 13.9 Å². The summed E-state index contributed by atoms with van der Waals surface area (Å²) in [6.45, 7) is 2.63. The number of pyridine rings is 2. The maximum Gasteiger partial charge on any atom is 0.270 e. The normalized spacial score (nSPS) is 21.0. The smallest absolute Gasteiger partial charge is 0.270 e. The summed E-state index contributed by atoms with van der Waals surface area (Å²) in [6.07, 6.45) is 10.8. The Kier molecular flexibility index (Phi) is 7.63. The minimum absolute atomic E-state index is 0.00805. The molecule has 54 heavy (non-hydrogen) atoms. The molecule has 2 atom stereocenters. The van der Waals surface area contributed by atoms with Gasteiger partial charge in [0.05, 0.1) is 22.8 Å². The number of hydrogen-bond donors (Lipinski definition) is 0. The topological polar surface area (TPSA) is 137 Å². The van der Waals surface area contributed by atoms with Crippen LogP contribution in [0.1, 0.15) is 96.8 Å². The zero-order chi connectivity index (χ0) is 35.9. The highest BCUT2D eigenvalue weighted by molar-refractivity contribution is 7.14. The number of aryl methyl sites for hydroxylation is 1. The monoisotopic (exact) mass is 756 g/mol. The highest BCUT2D eigenvalue weighted by atomic mass is 32.1. The molecule has 2 amide bonds. The van der Waals surface area contributed by atoms with Gasteiger partial charge in [-0.3, -0.25) is 19.4 Å². The molecular weight excluding hydrogens is 721 g/mol. The van der Waals surface area contributed by atoms with E-state index in [1.165, 1.54) is 9.75 Å². The zero-order valence-corrected chi connectivity index (χ0v) is 31.0. The zero-order valence-electron chi connectivity index (χ0n) is 29.4. The fourth-order valence-corrected chi connectivity index (χ4v) is 10.7. The van der Waals surface area contributed by atoms with Crippen LogP contribution in [-0.2, 0) is 24.2 Å². The fraction of sp³-hybridized carbons (Fsp3) is 0.385. The van der Waals surface area contributed by atoms with Crippen LogP contribution >= 0.6 is 22.7 Å². The van der Waals surface area contributed by atoms with Gasteiger partial charge in [0.1, 0.15) is 35.7 Å². The molecule has 3 fully saturated rings. The molecule has 11 rings (SSSR count). The molecule has 6 aromatic heterocycles. The Morgan fingerprint density at radius 3 is 2.02 bits per heavy atom. The van der Waals surface area contributed by atoms with Crippen molar-refractivity contribution < 1.29 is 14.3 Å². The molecule has 13 nitrogen and oxygen atoms in total.